The summed E-state index contributed by atoms with van der Waals surface area (Å²) in [6.07, 6.45) is 1.41. The van der Waals surface area contributed by atoms with E-state index in [1.165, 1.54) is 28.3 Å². The van der Waals surface area contributed by atoms with E-state index in [1.807, 2.05) is 0 Å². The highest BCUT2D eigenvalue weighted by Crippen LogP contribution is 2.57. The third-order valence-corrected chi connectivity index (χ3v) is 4.47. The fraction of sp³-hybridized carbons (Fsp3) is 0.333. The van der Waals surface area contributed by atoms with Crippen LogP contribution in [0.15, 0.2) is 28.7 Å². The van der Waals surface area contributed by atoms with Crippen LogP contribution in [0, 0.1) is 5.92 Å². The second-order valence-electron chi connectivity index (χ2n) is 4.43. The lowest BCUT2D eigenvalue weighted by Gasteiger charge is -2.02. The first-order valence-corrected chi connectivity index (χ1v) is 5.92. The van der Waals surface area contributed by atoms with Gasteiger partial charge in [0.15, 0.2) is 0 Å². The Morgan fingerprint density at radius 1 is 1.29 bits per heavy atom. The highest BCUT2D eigenvalue weighted by molar-refractivity contribution is 9.10. The molecule has 1 nitrogen and oxygen atoms in total. The zero-order chi connectivity index (χ0) is 9.28. The highest BCUT2D eigenvalue weighted by Gasteiger charge is 2.47. The number of hydrogen-bond donors (Lipinski definition) is 0. The van der Waals surface area contributed by atoms with Crippen molar-refractivity contribution in [3.05, 3.63) is 34.4 Å². The second-order valence-corrected chi connectivity index (χ2v) is 5.22. The van der Waals surface area contributed by atoms with Crippen LogP contribution in [0.25, 0.3) is 10.9 Å². The summed E-state index contributed by atoms with van der Waals surface area (Å²) in [6, 6.07) is 8.69. The number of para-hydroxylation sites is 1. The van der Waals surface area contributed by atoms with Crippen LogP contribution in [0.2, 0.25) is 0 Å². The quantitative estimate of drug-likeness (QED) is 0.672. The maximum absolute atomic E-state index is 3.75. The normalized spacial score (nSPS) is 27.8. The van der Waals surface area contributed by atoms with Gasteiger partial charge in [-0.15, -0.1) is 0 Å². The number of rotatable bonds is 0. The van der Waals surface area contributed by atoms with Gasteiger partial charge in [-0.25, -0.2) is 0 Å². The molecule has 1 aliphatic carbocycles. The zero-order valence-electron chi connectivity index (χ0n) is 7.70. The summed E-state index contributed by atoms with van der Waals surface area (Å²) in [4.78, 5) is 0. The Bertz CT molecular complexity index is 540. The number of hydrogen-bond acceptors (Lipinski definition) is 0. The Morgan fingerprint density at radius 3 is 3.07 bits per heavy atom. The summed E-state index contributed by atoms with van der Waals surface area (Å²) in [6.45, 7) is 1.24. The molecule has 0 spiro atoms. The minimum absolute atomic E-state index is 0.858. The molecule has 2 atom stereocenters. The minimum Gasteiger partial charge on any atom is -0.343 e. The van der Waals surface area contributed by atoms with E-state index in [1.54, 1.807) is 5.69 Å². The molecule has 70 valence electrons. The van der Waals surface area contributed by atoms with Crippen LogP contribution in [0.4, 0.5) is 0 Å². The lowest BCUT2D eigenvalue weighted by atomic mass is 10.2. The van der Waals surface area contributed by atoms with Crippen LogP contribution in [0.1, 0.15) is 18.0 Å². The standard InChI is InChI=1S/C12H10BrN/c13-11-8-3-1-2-4-10(8)14-6-7-5-9(7)12(11)14/h1-4,7,9H,5-6H2. The van der Waals surface area contributed by atoms with E-state index in [0.29, 0.717) is 0 Å². The molecule has 1 aromatic heterocycles. The predicted octanol–water partition coefficient (Wildman–Crippen LogP) is 3.52. The smallest absolute Gasteiger partial charge is 0.0494 e. The van der Waals surface area contributed by atoms with E-state index >= 15 is 0 Å². The fourth-order valence-electron chi connectivity index (χ4n) is 2.86. The molecule has 2 aromatic rings. The molecular weight excluding hydrogens is 238 g/mol. The average Bonchev–Trinajstić information content (AvgIpc) is 2.79. The Hall–Kier alpha value is -0.760. The molecule has 1 saturated carbocycles. The van der Waals surface area contributed by atoms with Gasteiger partial charge >= 0.3 is 0 Å². The Labute approximate surface area is 90.8 Å². The van der Waals surface area contributed by atoms with E-state index in [9.17, 15) is 0 Å². The topological polar surface area (TPSA) is 4.93 Å². The van der Waals surface area contributed by atoms with Gasteiger partial charge in [-0.3, -0.25) is 0 Å². The first-order chi connectivity index (χ1) is 6.86. The van der Waals surface area contributed by atoms with Crippen molar-refractivity contribution in [3.63, 3.8) is 0 Å². The van der Waals surface area contributed by atoms with Crippen LogP contribution in [0.3, 0.4) is 0 Å². The van der Waals surface area contributed by atoms with Gasteiger partial charge in [0.2, 0.25) is 0 Å². The lowest BCUT2D eigenvalue weighted by molar-refractivity contribution is 0.690. The fourth-order valence-corrected chi connectivity index (χ4v) is 3.70. The molecule has 0 bridgehead atoms. The molecule has 2 unspecified atom stereocenters. The molecule has 1 aromatic carbocycles. The molecule has 1 fully saturated rings. The van der Waals surface area contributed by atoms with E-state index in [0.717, 1.165) is 11.8 Å². The van der Waals surface area contributed by atoms with Crippen LogP contribution in [-0.2, 0) is 6.54 Å². The first-order valence-electron chi connectivity index (χ1n) is 5.13. The van der Waals surface area contributed by atoms with Crippen molar-refractivity contribution in [2.24, 2.45) is 5.92 Å². The predicted molar refractivity (Wildman–Crippen MR) is 60.5 cm³/mol. The average molecular weight is 248 g/mol. The molecule has 0 radical (unpaired) electrons. The largest absolute Gasteiger partial charge is 0.343 e. The second kappa shape index (κ2) is 2.25. The Kier molecular flexibility index (Phi) is 1.21. The van der Waals surface area contributed by atoms with Gasteiger partial charge in [0.25, 0.3) is 0 Å². The van der Waals surface area contributed by atoms with Crippen molar-refractivity contribution < 1.29 is 0 Å². The summed E-state index contributed by atoms with van der Waals surface area (Å²) >= 11 is 3.75. The van der Waals surface area contributed by atoms with Gasteiger partial charge in [0.1, 0.15) is 0 Å². The SMILES string of the molecule is Brc1c2n(c3ccccc13)CC1CC21. The zero-order valence-corrected chi connectivity index (χ0v) is 9.29. The maximum Gasteiger partial charge on any atom is 0.0494 e. The number of fused-ring (bicyclic) bond motifs is 5. The van der Waals surface area contributed by atoms with E-state index < -0.39 is 0 Å². The van der Waals surface area contributed by atoms with Gasteiger partial charge in [0, 0.05) is 33.5 Å². The molecule has 2 heterocycles. The first kappa shape index (κ1) is 7.52. The Morgan fingerprint density at radius 2 is 2.14 bits per heavy atom. The Balaban J connectivity index is 2.18. The third kappa shape index (κ3) is 0.728. The maximum atomic E-state index is 3.75. The third-order valence-electron chi connectivity index (χ3n) is 3.64. The summed E-state index contributed by atoms with van der Waals surface area (Å²) in [5.41, 5.74) is 2.96. The monoisotopic (exact) mass is 247 g/mol. The van der Waals surface area contributed by atoms with Crippen molar-refractivity contribution in [2.45, 2.75) is 18.9 Å². The van der Waals surface area contributed by atoms with Crippen molar-refractivity contribution in [3.8, 4) is 0 Å². The molecule has 14 heavy (non-hydrogen) atoms. The van der Waals surface area contributed by atoms with Gasteiger partial charge in [-0.2, -0.15) is 0 Å². The van der Waals surface area contributed by atoms with E-state index in [4.69, 9.17) is 0 Å². The number of nitrogens with zero attached hydrogens (tertiary/aromatic N) is 1. The van der Waals surface area contributed by atoms with Crippen LogP contribution < -0.4 is 0 Å². The number of benzene rings is 1. The van der Waals surface area contributed by atoms with Crippen LogP contribution in [0.5, 0.6) is 0 Å². The summed E-state index contributed by atoms with van der Waals surface area (Å²) in [5.74, 6) is 1.81. The van der Waals surface area contributed by atoms with Gasteiger partial charge in [-0.05, 0) is 34.3 Å². The molecule has 0 saturated heterocycles. The molecule has 2 aliphatic rings. The number of halogens is 1. The van der Waals surface area contributed by atoms with E-state index in [2.05, 4.69) is 44.8 Å². The molecule has 0 amide bonds. The van der Waals surface area contributed by atoms with Gasteiger partial charge < -0.3 is 4.57 Å². The summed E-state index contributed by atoms with van der Waals surface area (Å²) in [7, 11) is 0. The molecule has 2 heteroatoms. The molecule has 1 aliphatic heterocycles. The van der Waals surface area contributed by atoms with Gasteiger partial charge in [0.05, 0.1) is 0 Å². The molecule has 0 N–H and O–H groups in total. The molecule has 4 rings (SSSR count). The van der Waals surface area contributed by atoms with Crippen molar-refractivity contribution in [2.75, 3.05) is 0 Å². The van der Waals surface area contributed by atoms with E-state index in [-0.39, 0.29) is 0 Å². The van der Waals surface area contributed by atoms with Crippen molar-refractivity contribution in [1.82, 2.24) is 4.57 Å². The van der Waals surface area contributed by atoms with Crippen molar-refractivity contribution >= 4 is 26.8 Å². The molecular formula is C12H10BrN. The lowest BCUT2D eigenvalue weighted by Crippen LogP contribution is -1.95. The summed E-state index contributed by atoms with van der Waals surface area (Å²) < 4.78 is 3.84. The van der Waals surface area contributed by atoms with Gasteiger partial charge in [-0.1, -0.05) is 18.2 Å². The van der Waals surface area contributed by atoms with Crippen molar-refractivity contribution in [1.29, 1.82) is 0 Å². The minimum atomic E-state index is 0.858. The summed E-state index contributed by atoms with van der Waals surface area (Å²) in [5, 5.41) is 1.38. The van der Waals surface area contributed by atoms with Crippen LogP contribution >= 0.6 is 15.9 Å². The highest BCUT2D eigenvalue weighted by atomic mass is 79.9. The number of aromatic nitrogens is 1. The van der Waals surface area contributed by atoms with Crippen LogP contribution in [-0.4, -0.2) is 4.57 Å².